The zero-order valence-electron chi connectivity index (χ0n) is 9.45. The maximum Gasteiger partial charge on any atom is 0.305 e. The molecule has 0 bridgehead atoms. The van der Waals surface area contributed by atoms with Crippen LogP contribution in [0, 0.1) is 5.92 Å². The number of methoxy groups -OCH3 is 1. The van der Waals surface area contributed by atoms with Crippen LogP contribution in [0.25, 0.3) is 0 Å². The lowest BCUT2D eigenvalue weighted by molar-refractivity contribution is -0.140. The molecule has 6 heteroatoms. The predicted octanol–water partition coefficient (Wildman–Crippen LogP) is 0.515. The normalized spacial score (nSPS) is 11.7. The molecule has 0 saturated heterocycles. The first-order valence-electron chi connectivity index (χ1n) is 4.91. The molecule has 0 rings (SSSR count). The second-order valence-corrected chi connectivity index (χ2v) is 5.67. The Morgan fingerprint density at radius 1 is 1.40 bits per heavy atom. The summed E-state index contributed by atoms with van der Waals surface area (Å²) in [6.07, 6.45) is 0.430. The fraction of sp³-hybridized carbons (Fsp3) is 0.889. The molecule has 0 aromatic carbocycles. The van der Waals surface area contributed by atoms with E-state index in [-0.39, 0.29) is 24.1 Å². The number of carbonyl (C=O) groups is 1. The lowest BCUT2D eigenvalue weighted by Gasteiger charge is -2.08. The lowest BCUT2D eigenvalue weighted by atomic mass is 10.2. The van der Waals surface area contributed by atoms with E-state index in [1.54, 1.807) is 0 Å². The SMILES string of the molecule is COC(=O)CCCS(=O)(=O)NCC(C)C. The molecule has 5 nitrogen and oxygen atoms in total. The molecule has 0 amide bonds. The molecule has 0 aliphatic rings. The van der Waals surface area contributed by atoms with E-state index in [1.165, 1.54) is 7.11 Å². The van der Waals surface area contributed by atoms with Gasteiger partial charge in [0.15, 0.2) is 0 Å². The molecule has 0 spiro atoms. The maximum atomic E-state index is 11.3. The smallest absolute Gasteiger partial charge is 0.305 e. The second-order valence-electron chi connectivity index (χ2n) is 3.74. The third kappa shape index (κ3) is 8.38. The second kappa shape index (κ2) is 6.79. The molecule has 0 aliphatic heterocycles. The number of hydrogen-bond acceptors (Lipinski definition) is 4. The molecule has 0 saturated carbocycles. The molecule has 15 heavy (non-hydrogen) atoms. The summed E-state index contributed by atoms with van der Waals surface area (Å²) in [6.45, 7) is 4.29. The van der Waals surface area contributed by atoms with E-state index < -0.39 is 10.0 Å². The first-order valence-corrected chi connectivity index (χ1v) is 6.56. The number of carbonyl (C=O) groups excluding carboxylic acids is 1. The molecule has 0 heterocycles. The van der Waals surface area contributed by atoms with Gasteiger partial charge in [-0.25, -0.2) is 13.1 Å². The number of rotatable bonds is 7. The van der Waals surface area contributed by atoms with Gasteiger partial charge in [0, 0.05) is 13.0 Å². The Labute approximate surface area is 91.2 Å². The third-order valence-electron chi connectivity index (χ3n) is 1.73. The van der Waals surface area contributed by atoms with E-state index in [1.807, 2.05) is 13.8 Å². The molecule has 0 unspecified atom stereocenters. The van der Waals surface area contributed by atoms with E-state index in [4.69, 9.17) is 0 Å². The van der Waals surface area contributed by atoms with Crippen LogP contribution in [0.2, 0.25) is 0 Å². The number of sulfonamides is 1. The zero-order chi connectivity index (χ0) is 11.9. The summed E-state index contributed by atoms with van der Waals surface area (Å²) in [5.41, 5.74) is 0. The van der Waals surface area contributed by atoms with Crippen molar-refractivity contribution in [3.05, 3.63) is 0 Å². The average molecular weight is 237 g/mol. The van der Waals surface area contributed by atoms with Gasteiger partial charge in [0.1, 0.15) is 0 Å². The minimum Gasteiger partial charge on any atom is -0.469 e. The molecule has 1 N–H and O–H groups in total. The summed E-state index contributed by atoms with van der Waals surface area (Å²) in [5, 5.41) is 0. The van der Waals surface area contributed by atoms with E-state index in [2.05, 4.69) is 9.46 Å². The van der Waals surface area contributed by atoms with Crippen molar-refractivity contribution in [3.8, 4) is 0 Å². The highest BCUT2D eigenvalue weighted by Gasteiger charge is 2.11. The van der Waals surface area contributed by atoms with Crippen molar-refractivity contribution in [2.75, 3.05) is 19.4 Å². The van der Waals surface area contributed by atoms with Gasteiger partial charge in [-0.1, -0.05) is 13.8 Å². The van der Waals surface area contributed by atoms with Crippen molar-refractivity contribution < 1.29 is 17.9 Å². The van der Waals surface area contributed by atoms with Gasteiger partial charge in [-0.3, -0.25) is 4.79 Å². The summed E-state index contributed by atoms with van der Waals surface area (Å²) in [6, 6.07) is 0. The lowest BCUT2D eigenvalue weighted by Crippen LogP contribution is -2.29. The highest BCUT2D eigenvalue weighted by atomic mass is 32.2. The van der Waals surface area contributed by atoms with Gasteiger partial charge in [-0.2, -0.15) is 0 Å². The molecule has 0 aromatic rings. The van der Waals surface area contributed by atoms with Crippen LogP contribution in [-0.4, -0.2) is 33.8 Å². The fourth-order valence-electron chi connectivity index (χ4n) is 0.874. The Morgan fingerprint density at radius 3 is 2.47 bits per heavy atom. The Bertz CT molecular complexity index is 284. The molecule has 0 atom stereocenters. The Morgan fingerprint density at radius 2 is 2.00 bits per heavy atom. The molecule has 0 radical (unpaired) electrons. The summed E-state index contributed by atoms with van der Waals surface area (Å²) >= 11 is 0. The standard InChI is InChI=1S/C9H19NO4S/c1-8(2)7-10-15(12,13)6-4-5-9(11)14-3/h8,10H,4-7H2,1-3H3. The van der Waals surface area contributed by atoms with Crippen molar-refractivity contribution in [1.82, 2.24) is 4.72 Å². The highest BCUT2D eigenvalue weighted by molar-refractivity contribution is 7.89. The first kappa shape index (κ1) is 14.4. The van der Waals surface area contributed by atoms with Gasteiger partial charge in [0.2, 0.25) is 10.0 Å². The van der Waals surface area contributed by atoms with Crippen molar-refractivity contribution in [3.63, 3.8) is 0 Å². The summed E-state index contributed by atoms with van der Waals surface area (Å²) < 4.78 is 29.6. The maximum absolute atomic E-state index is 11.3. The van der Waals surface area contributed by atoms with E-state index >= 15 is 0 Å². The van der Waals surface area contributed by atoms with Crippen LogP contribution in [0.5, 0.6) is 0 Å². The topological polar surface area (TPSA) is 72.5 Å². The molecule has 90 valence electrons. The van der Waals surface area contributed by atoms with E-state index in [0.717, 1.165) is 0 Å². The first-order chi connectivity index (χ1) is 6.87. The third-order valence-corrected chi connectivity index (χ3v) is 3.17. The van der Waals surface area contributed by atoms with Gasteiger partial charge < -0.3 is 4.74 Å². The number of nitrogens with one attached hydrogen (secondary N) is 1. The van der Waals surface area contributed by atoms with Gasteiger partial charge in [-0.05, 0) is 12.3 Å². The number of esters is 1. The molecule has 0 fully saturated rings. The number of hydrogen-bond donors (Lipinski definition) is 1. The summed E-state index contributed by atoms with van der Waals surface area (Å²) in [4.78, 5) is 10.7. The van der Waals surface area contributed by atoms with Crippen molar-refractivity contribution in [1.29, 1.82) is 0 Å². The minimum absolute atomic E-state index is 0.0329. The van der Waals surface area contributed by atoms with E-state index in [9.17, 15) is 13.2 Å². The Kier molecular flexibility index (Phi) is 6.51. The molecular weight excluding hydrogens is 218 g/mol. The minimum atomic E-state index is -3.24. The monoisotopic (exact) mass is 237 g/mol. The van der Waals surface area contributed by atoms with Crippen LogP contribution < -0.4 is 4.72 Å². The average Bonchev–Trinajstić information content (AvgIpc) is 2.14. The van der Waals surface area contributed by atoms with Crippen LogP contribution in [0.15, 0.2) is 0 Å². The van der Waals surface area contributed by atoms with Gasteiger partial charge >= 0.3 is 5.97 Å². The van der Waals surface area contributed by atoms with Crippen LogP contribution >= 0.6 is 0 Å². The Hall–Kier alpha value is -0.620. The zero-order valence-corrected chi connectivity index (χ0v) is 10.3. The van der Waals surface area contributed by atoms with Crippen molar-refractivity contribution >= 4 is 16.0 Å². The summed E-state index contributed by atoms with van der Waals surface area (Å²) in [5.74, 6) is -0.135. The van der Waals surface area contributed by atoms with Crippen LogP contribution in [0.4, 0.5) is 0 Å². The fourth-order valence-corrected chi connectivity index (χ4v) is 2.13. The van der Waals surface area contributed by atoms with E-state index in [0.29, 0.717) is 13.0 Å². The van der Waals surface area contributed by atoms with Crippen LogP contribution in [0.3, 0.4) is 0 Å². The Balaban J connectivity index is 3.80. The molecular formula is C9H19NO4S. The van der Waals surface area contributed by atoms with Gasteiger partial charge in [0.25, 0.3) is 0 Å². The summed E-state index contributed by atoms with van der Waals surface area (Å²) in [7, 11) is -1.95. The van der Waals surface area contributed by atoms with Crippen LogP contribution in [0.1, 0.15) is 26.7 Å². The molecule has 0 aliphatic carbocycles. The molecule has 0 aromatic heterocycles. The van der Waals surface area contributed by atoms with Gasteiger partial charge in [0.05, 0.1) is 12.9 Å². The van der Waals surface area contributed by atoms with Crippen LogP contribution in [-0.2, 0) is 19.6 Å². The van der Waals surface area contributed by atoms with Crippen molar-refractivity contribution in [2.45, 2.75) is 26.7 Å². The largest absolute Gasteiger partial charge is 0.469 e. The van der Waals surface area contributed by atoms with Gasteiger partial charge in [-0.15, -0.1) is 0 Å². The predicted molar refractivity (Wildman–Crippen MR) is 57.9 cm³/mol. The quantitative estimate of drug-likeness (QED) is 0.655. The highest BCUT2D eigenvalue weighted by Crippen LogP contribution is 1.97. The van der Waals surface area contributed by atoms with Crippen molar-refractivity contribution in [2.24, 2.45) is 5.92 Å². The number of ether oxygens (including phenoxy) is 1.